The molecule has 186 valence electrons. The Morgan fingerprint density at radius 1 is 1.06 bits per heavy atom. The normalized spacial score (nSPS) is 21.3. The van der Waals surface area contributed by atoms with E-state index in [0.29, 0.717) is 18.5 Å². The lowest BCUT2D eigenvalue weighted by atomic mass is 9.98. The van der Waals surface area contributed by atoms with Crippen LogP contribution in [0.2, 0.25) is 0 Å². The van der Waals surface area contributed by atoms with Gasteiger partial charge >= 0.3 is 0 Å². The summed E-state index contributed by atoms with van der Waals surface area (Å²) in [4.78, 5) is 46.1. The minimum Gasteiger partial charge on any atom is -0.336 e. The number of likely N-dealkylation sites (tertiary alicyclic amines) is 1. The molecular weight excluding hydrogens is 454 g/mol. The van der Waals surface area contributed by atoms with Crippen LogP contribution in [-0.4, -0.2) is 56.2 Å². The third-order valence-electron chi connectivity index (χ3n) is 8.01. The predicted molar refractivity (Wildman–Crippen MR) is 136 cm³/mol. The zero-order valence-corrected chi connectivity index (χ0v) is 20.8. The molecule has 5 heterocycles. The van der Waals surface area contributed by atoms with Crippen molar-refractivity contribution in [2.75, 3.05) is 13.1 Å². The van der Waals surface area contributed by atoms with Crippen molar-refractivity contribution >= 4 is 28.8 Å². The van der Waals surface area contributed by atoms with Crippen LogP contribution in [0.4, 0.5) is 0 Å². The molecule has 0 bridgehead atoms. The van der Waals surface area contributed by atoms with Crippen molar-refractivity contribution in [1.29, 1.82) is 0 Å². The molecule has 3 amide bonds. The highest BCUT2D eigenvalue weighted by Gasteiger charge is 2.39. The number of amides is 3. The van der Waals surface area contributed by atoms with Crippen molar-refractivity contribution in [3.63, 3.8) is 0 Å². The van der Waals surface area contributed by atoms with Gasteiger partial charge in [-0.1, -0.05) is 13.0 Å². The number of nitrogens with one attached hydrogen (secondary N) is 1. The van der Waals surface area contributed by atoms with E-state index in [9.17, 15) is 14.4 Å². The number of carbonyl (C=O) groups is 3. The molecule has 0 saturated carbocycles. The van der Waals surface area contributed by atoms with Crippen LogP contribution >= 0.6 is 0 Å². The van der Waals surface area contributed by atoms with Gasteiger partial charge in [0.05, 0.1) is 5.69 Å². The smallest absolute Gasteiger partial charge is 0.255 e. The molecule has 3 aliphatic heterocycles. The zero-order chi connectivity index (χ0) is 25.0. The van der Waals surface area contributed by atoms with Crippen molar-refractivity contribution < 1.29 is 14.4 Å². The minimum atomic E-state index is -0.609. The number of piperidine rings is 2. The number of fused-ring (bicyclic) bond motifs is 2. The number of hydrogen-bond donors (Lipinski definition) is 1. The third kappa shape index (κ3) is 3.99. The quantitative estimate of drug-likeness (QED) is 0.574. The molecule has 0 radical (unpaired) electrons. The fourth-order valence-corrected chi connectivity index (χ4v) is 5.77. The van der Waals surface area contributed by atoms with E-state index >= 15 is 0 Å². The Balaban J connectivity index is 1.31. The Bertz CT molecular complexity index is 1390. The molecule has 8 nitrogen and oxygen atoms in total. The largest absolute Gasteiger partial charge is 0.336 e. The maximum absolute atomic E-state index is 13.1. The second kappa shape index (κ2) is 8.85. The third-order valence-corrected chi connectivity index (χ3v) is 8.01. The first-order valence-electron chi connectivity index (χ1n) is 12.8. The highest BCUT2D eigenvalue weighted by atomic mass is 16.2. The molecule has 1 unspecified atom stereocenters. The Hall–Kier alpha value is -3.52. The molecule has 2 fully saturated rings. The van der Waals surface area contributed by atoms with E-state index in [4.69, 9.17) is 4.98 Å². The van der Waals surface area contributed by atoms with Gasteiger partial charge in [0.25, 0.3) is 5.91 Å². The van der Waals surface area contributed by atoms with E-state index in [1.807, 2.05) is 25.2 Å². The fourth-order valence-electron chi connectivity index (χ4n) is 5.77. The van der Waals surface area contributed by atoms with Crippen LogP contribution in [0.15, 0.2) is 36.5 Å². The maximum atomic E-state index is 13.1. The first kappa shape index (κ1) is 22.9. The lowest BCUT2D eigenvalue weighted by Gasteiger charge is -2.30. The summed E-state index contributed by atoms with van der Waals surface area (Å²) >= 11 is 0. The van der Waals surface area contributed by atoms with E-state index in [-0.39, 0.29) is 24.1 Å². The summed E-state index contributed by atoms with van der Waals surface area (Å²) in [6.45, 7) is 5.82. The van der Waals surface area contributed by atoms with Crippen LogP contribution in [0.5, 0.6) is 0 Å². The number of carbonyl (C=O) groups excluding carboxylic acids is 3. The predicted octanol–water partition coefficient (Wildman–Crippen LogP) is 3.23. The van der Waals surface area contributed by atoms with E-state index in [1.54, 1.807) is 4.90 Å². The number of benzene rings is 1. The lowest BCUT2D eigenvalue weighted by Crippen LogP contribution is -2.52. The van der Waals surface area contributed by atoms with Gasteiger partial charge in [-0.2, -0.15) is 0 Å². The Kier molecular flexibility index (Phi) is 5.63. The summed E-state index contributed by atoms with van der Waals surface area (Å²) in [6, 6.07) is 9.56. The molecule has 0 spiro atoms. The monoisotopic (exact) mass is 485 g/mol. The first-order chi connectivity index (χ1) is 17.4. The summed E-state index contributed by atoms with van der Waals surface area (Å²) in [7, 11) is 2.02. The van der Waals surface area contributed by atoms with Crippen molar-refractivity contribution in [3.05, 3.63) is 53.2 Å². The topological polar surface area (TPSA) is 87.5 Å². The fraction of sp³-hybridized carbons (Fsp3) is 0.429. The second-order valence-corrected chi connectivity index (χ2v) is 10.6. The van der Waals surface area contributed by atoms with Crippen LogP contribution in [0.1, 0.15) is 54.1 Å². The molecule has 2 saturated heterocycles. The zero-order valence-electron chi connectivity index (χ0n) is 20.8. The van der Waals surface area contributed by atoms with E-state index in [2.05, 4.69) is 40.0 Å². The van der Waals surface area contributed by atoms with Gasteiger partial charge in [-0.15, -0.1) is 0 Å². The number of aryl methyl sites for hydroxylation is 1. The molecule has 2 aromatic heterocycles. The van der Waals surface area contributed by atoms with Gasteiger partial charge in [0.15, 0.2) is 0 Å². The number of hydrogen-bond acceptors (Lipinski definition) is 5. The summed E-state index contributed by atoms with van der Waals surface area (Å²) in [5.41, 5.74) is 5.58. The highest BCUT2D eigenvalue weighted by molar-refractivity contribution is 6.05. The van der Waals surface area contributed by atoms with Gasteiger partial charge in [0.2, 0.25) is 11.8 Å². The van der Waals surface area contributed by atoms with E-state index < -0.39 is 6.04 Å². The van der Waals surface area contributed by atoms with Gasteiger partial charge in [-0.25, -0.2) is 4.98 Å². The van der Waals surface area contributed by atoms with E-state index in [0.717, 1.165) is 48.0 Å². The standard InChI is InChI=1S/C28H31N5O3/c1-17-7-11-32(12-8-17)15-20-14-23(29-26-21(20)9-10-31(26)2)18-3-4-22-19(13-18)16-33(28(22)36)24-5-6-25(34)30-27(24)35/h3-4,9-10,13-14,17,24H,5-8,11-12,15-16H2,1-2H3,(H,30,34,35). The van der Waals surface area contributed by atoms with Crippen molar-refractivity contribution in [3.8, 4) is 11.3 Å². The number of imide groups is 1. The molecule has 8 heteroatoms. The van der Waals surface area contributed by atoms with Crippen molar-refractivity contribution in [2.45, 2.75) is 51.7 Å². The van der Waals surface area contributed by atoms with Crippen LogP contribution < -0.4 is 5.32 Å². The summed E-state index contributed by atoms with van der Waals surface area (Å²) in [6.07, 6.45) is 5.14. The van der Waals surface area contributed by atoms with Crippen LogP contribution in [0, 0.1) is 5.92 Å². The van der Waals surface area contributed by atoms with Gasteiger partial charge in [-0.3, -0.25) is 24.6 Å². The van der Waals surface area contributed by atoms with Gasteiger partial charge in [0, 0.05) is 49.3 Å². The Labute approximate surface area is 210 Å². The Morgan fingerprint density at radius 3 is 2.64 bits per heavy atom. The molecule has 3 aliphatic rings. The SMILES string of the molecule is CC1CCN(Cc2cc(-c3ccc4c(c3)CN(C3CCC(=O)NC3=O)C4=O)nc3c2ccn3C)CC1. The molecule has 6 rings (SSSR count). The average molecular weight is 486 g/mol. The Morgan fingerprint density at radius 2 is 1.86 bits per heavy atom. The van der Waals surface area contributed by atoms with Crippen LogP contribution in [-0.2, 0) is 29.7 Å². The maximum Gasteiger partial charge on any atom is 0.255 e. The second-order valence-electron chi connectivity index (χ2n) is 10.6. The van der Waals surface area contributed by atoms with E-state index in [1.165, 1.54) is 23.8 Å². The van der Waals surface area contributed by atoms with Crippen molar-refractivity contribution in [1.82, 2.24) is 24.7 Å². The molecule has 3 aromatic rings. The van der Waals surface area contributed by atoms with Crippen molar-refractivity contribution in [2.24, 2.45) is 13.0 Å². The molecule has 36 heavy (non-hydrogen) atoms. The van der Waals surface area contributed by atoms with Gasteiger partial charge < -0.3 is 9.47 Å². The summed E-state index contributed by atoms with van der Waals surface area (Å²) in [5.74, 6) is -0.0309. The molecule has 0 aliphatic carbocycles. The number of nitrogens with zero attached hydrogens (tertiary/aromatic N) is 4. The van der Waals surface area contributed by atoms with Crippen LogP contribution in [0.25, 0.3) is 22.3 Å². The number of pyridine rings is 1. The first-order valence-corrected chi connectivity index (χ1v) is 12.8. The molecular formula is C28H31N5O3. The summed E-state index contributed by atoms with van der Waals surface area (Å²) < 4.78 is 2.06. The van der Waals surface area contributed by atoms with Crippen LogP contribution in [0.3, 0.4) is 0 Å². The lowest BCUT2D eigenvalue weighted by molar-refractivity contribution is -0.136. The summed E-state index contributed by atoms with van der Waals surface area (Å²) in [5, 5.41) is 3.55. The minimum absolute atomic E-state index is 0.156. The molecule has 1 N–H and O–H groups in total. The number of aromatic nitrogens is 2. The van der Waals surface area contributed by atoms with Gasteiger partial charge in [-0.05, 0) is 73.7 Å². The number of rotatable bonds is 4. The molecule has 1 aromatic carbocycles. The van der Waals surface area contributed by atoms with Gasteiger partial charge in [0.1, 0.15) is 11.7 Å². The molecule has 1 atom stereocenters. The highest BCUT2D eigenvalue weighted by Crippen LogP contribution is 2.33. The average Bonchev–Trinajstić information content (AvgIpc) is 3.40.